The van der Waals surface area contributed by atoms with Gasteiger partial charge >= 0.3 is 26.2 Å². The van der Waals surface area contributed by atoms with Crippen molar-refractivity contribution in [1.82, 2.24) is 0 Å². The van der Waals surface area contributed by atoms with E-state index in [9.17, 15) is 19.7 Å². The number of esters is 1. The zero-order valence-corrected chi connectivity index (χ0v) is 30.7. The van der Waals surface area contributed by atoms with Crippen LogP contribution in [0.1, 0.15) is 91.8 Å². The van der Waals surface area contributed by atoms with E-state index in [4.69, 9.17) is 41.0 Å². The van der Waals surface area contributed by atoms with E-state index in [1.54, 1.807) is 12.1 Å². The van der Waals surface area contributed by atoms with Crippen molar-refractivity contribution >= 4 is 26.2 Å². The minimum Gasteiger partial charge on any atom is -0.535 e. The number of carboxylic acid groups (broad SMARTS) is 1. The number of aromatic carboxylic acids is 1. The first-order chi connectivity index (χ1) is 24.0. The Labute approximate surface area is 302 Å². The molecule has 2 aromatic rings. The number of fused-ring (bicyclic) bond motifs is 1. The Morgan fingerprint density at radius 2 is 1.67 bits per heavy atom. The Morgan fingerprint density at radius 3 is 2.27 bits per heavy atom. The third-order valence-corrected chi connectivity index (χ3v) is 10.7. The van der Waals surface area contributed by atoms with Crippen molar-refractivity contribution in [2.45, 2.75) is 104 Å². The first-order valence-corrected chi connectivity index (χ1v) is 17.6. The molecule has 51 heavy (non-hydrogen) atoms. The Bertz CT molecular complexity index is 1730. The normalized spacial score (nSPS) is 23.8. The van der Waals surface area contributed by atoms with Crippen LogP contribution in [0, 0.1) is 48.9 Å². The molecule has 0 radical (unpaired) electrons. The fraction of sp³-hybridized carbons (Fsp3) is 0.538. The van der Waals surface area contributed by atoms with Gasteiger partial charge in [0.1, 0.15) is 47.2 Å². The monoisotopic (exact) mass is 698 g/mol. The molecular weight excluding hydrogens is 650 g/mol. The predicted molar refractivity (Wildman–Crippen MR) is 194 cm³/mol. The van der Waals surface area contributed by atoms with Crippen LogP contribution in [0.15, 0.2) is 24.3 Å². The molecule has 1 saturated heterocycles. The second-order valence-corrected chi connectivity index (χ2v) is 15.5. The lowest BCUT2D eigenvalue weighted by Gasteiger charge is -2.64. The number of carbonyl (C=O) groups is 2. The van der Waals surface area contributed by atoms with Gasteiger partial charge in [-0.2, -0.15) is 0 Å². The molecule has 2 bridgehead atoms. The molecule has 2 aromatic carbocycles. The SMILES string of the molecule is C#CCOc1ccc(CCB2OC3CC4CC(C4(C)C)[C@]3(C)O2)c(C)c1C(=O)OC(C)(C)C.C#CCOc1ccc2c(c1C(=O)O)OB(O)CC2. The summed E-state index contributed by atoms with van der Waals surface area (Å²) in [5.41, 5.74) is 2.52. The molecule has 3 unspecified atom stereocenters. The highest BCUT2D eigenvalue weighted by Gasteiger charge is 2.67. The third-order valence-electron chi connectivity index (χ3n) is 10.7. The van der Waals surface area contributed by atoms with Gasteiger partial charge in [-0.15, -0.1) is 12.8 Å². The summed E-state index contributed by atoms with van der Waals surface area (Å²) >= 11 is 0. The van der Waals surface area contributed by atoms with Crippen LogP contribution in [0.25, 0.3) is 0 Å². The topological polar surface area (TPSA) is 130 Å². The van der Waals surface area contributed by atoms with Gasteiger partial charge in [0.05, 0.1) is 11.7 Å². The Kier molecular flexibility index (Phi) is 11.1. The molecule has 2 heterocycles. The summed E-state index contributed by atoms with van der Waals surface area (Å²) in [4.78, 5) is 24.3. The number of rotatable bonds is 9. The van der Waals surface area contributed by atoms with Crippen LogP contribution in [0.3, 0.4) is 0 Å². The minimum atomic E-state index is -1.17. The summed E-state index contributed by atoms with van der Waals surface area (Å²) in [7, 11) is -1.21. The van der Waals surface area contributed by atoms with Gasteiger partial charge in [0, 0.05) is 0 Å². The van der Waals surface area contributed by atoms with E-state index < -0.39 is 24.7 Å². The zero-order valence-electron chi connectivity index (χ0n) is 30.7. The van der Waals surface area contributed by atoms with E-state index in [-0.39, 0.29) is 49.1 Å². The third kappa shape index (κ3) is 7.89. The van der Waals surface area contributed by atoms with Crippen LogP contribution >= 0.6 is 0 Å². The van der Waals surface area contributed by atoms with Crippen molar-refractivity contribution in [2.24, 2.45) is 17.3 Å². The first kappa shape index (κ1) is 38.1. The average molecular weight is 698 g/mol. The summed E-state index contributed by atoms with van der Waals surface area (Å²) in [6, 6.07) is 7.09. The Morgan fingerprint density at radius 1 is 1.02 bits per heavy atom. The second-order valence-electron chi connectivity index (χ2n) is 15.5. The van der Waals surface area contributed by atoms with E-state index >= 15 is 0 Å². The van der Waals surface area contributed by atoms with Gasteiger partial charge in [0.15, 0.2) is 0 Å². The number of hydrogen-bond acceptors (Lipinski definition) is 9. The Balaban J connectivity index is 0.000000236. The highest BCUT2D eigenvalue weighted by molar-refractivity contribution is 6.45. The van der Waals surface area contributed by atoms with Crippen LogP contribution in [0.2, 0.25) is 12.6 Å². The Hall–Kier alpha value is -4.09. The molecule has 0 amide bonds. The van der Waals surface area contributed by atoms with Gasteiger partial charge in [-0.3, -0.25) is 0 Å². The average Bonchev–Trinajstić information content (AvgIpc) is 3.40. The lowest BCUT2D eigenvalue weighted by Crippen LogP contribution is -2.65. The predicted octanol–water partition coefficient (Wildman–Crippen LogP) is 6.05. The maximum absolute atomic E-state index is 13.0. The molecule has 7 rings (SSSR count). The van der Waals surface area contributed by atoms with Crippen LogP contribution in [0.5, 0.6) is 17.2 Å². The molecule has 10 nitrogen and oxygen atoms in total. The molecule has 270 valence electrons. The van der Waals surface area contributed by atoms with E-state index in [2.05, 4.69) is 32.6 Å². The van der Waals surface area contributed by atoms with E-state index in [1.807, 2.05) is 39.8 Å². The fourth-order valence-corrected chi connectivity index (χ4v) is 8.03. The maximum atomic E-state index is 13.0. The number of carbonyl (C=O) groups excluding carboxylic acids is 1. The molecule has 2 aliphatic heterocycles. The fourth-order valence-electron chi connectivity index (χ4n) is 8.03. The summed E-state index contributed by atoms with van der Waals surface area (Å²) in [5.74, 6) is 5.20. The molecule has 0 aromatic heterocycles. The molecule has 4 fully saturated rings. The summed E-state index contributed by atoms with van der Waals surface area (Å²) < 4.78 is 34.6. The molecule has 5 aliphatic rings. The van der Waals surface area contributed by atoms with Crippen molar-refractivity contribution in [3.63, 3.8) is 0 Å². The van der Waals surface area contributed by atoms with Gasteiger partial charge in [-0.05, 0) is 119 Å². The summed E-state index contributed by atoms with van der Waals surface area (Å²) in [6.45, 7) is 14.5. The maximum Gasteiger partial charge on any atom is 0.522 e. The van der Waals surface area contributed by atoms with E-state index in [1.165, 1.54) is 6.42 Å². The molecule has 3 saturated carbocycles. The first-order valence-electron chi connectivity index (χ1n) is 17.6. The highest BCUT2D eigenvalue weighted by Crippen LogP contribution is 2.65. The van der Waals surface area contributed by atoms with Crippen LogP contribution < -0.4 is 14.1 Å². The van der Waals surface area contributed by atoms with Crippen LogP contribution in [-0.4, -0.2) is 66.8 Å². The number of carboxylic acids is 1. The van der Waals surface area contributed by atoms with Gasteiger partial charge in [0.25, 0.3) is 0 Å². The van der Waals surface area contributed by atoms with Crippen molar-refractivity contribution in [2.75, 3.05) is 13.2 Å². The van der Waals surface area contributed by atoms with Crippen LogP contribution in [0.4, 0.5) is 0 Å². The smallest absolute Gasteiger partial charge is 0.522 e. The molecule has 2 N–H and O–H groups in total. The van der Waals surface area contributed by atoms with Gasteiger partial charge < -0.3 is 38.3 Å². The second kappa shape index (κ2) is 14.9. The molecule has 12 heteroatoms. The quantitative estimate of drug-likeness (QED) is 0.182. The number of ether oxygens (including phenoxy) is 3. The van der Waals surface area contributed by atoms with Crippen LogP contribution in [-0.2, 0) is 26.9 Å². The lowest BCUT2D eigenvalue weighted by atomic mass is 9.43. The van der Waals surface area contributed by atoms with Gasteiger partial charge in [-0.1, -0.05) is 37.8 Å². The standard InChI is InChI=1S/C27H37BO5.C12H11BO5/c1-9-14-30-20-11-10-18(17(2)23(20)24(29)31-25(3,4)5)12-13-28-32-22-16-19-15-21(26(19,6)7)27(22,8)33-28;1-2-7-17-9-4-3-8-5-6-13(16)18-11(8)10(9)12(14)15/h1,10-11,19,21-22H,12-16H2,2-8H3;1,3-4,16H,5-7H2,(H,14,15)/t19?,21?,22?,27-;/m0./s1. The van der Waals surface area contributed by atoms with Crippen molar-refractivity contribution < 1.29 is 47.9 Å². The highest BCUT2D eigenvalue weighted by atomic mass is 16.7. The summed E-state index contributed by atoms with van der Waals surface area (Å²) in [6.07, 6.45) is 15.4. The van der Waals surface area contributed by atoms with Gasteiger partial charge in [-0.25, -0.2) is 9.59 Å². The molecular formula is C39H48B2O10. The minimum absolute atomic E-state index is 0.0262. The number of benzene rings is 2. The molecule has 0 spiro atoms. The van der Waals surface area contributed by atoms with E-state index in [0.29, 0.717) is 35.4 Å². The number of terminal acetylenes is 2. The largest absolute Gasteiger partial charge is 0.535 e. The lowest BCUT2D eigenvalue weighted by molar-refractivity contribution is -0.199. The number of hydrogen-bond donors (Lipinski definition) is 2. The molecule has 4 atom stereocenters. The summed E-state index contributed by atoms with van der Waals surface area (Å²) in [5, 5.41) is 18.7. The zero-order chi connectivity index (χ0) is 37.3. The van der Waals surface area contributed by atoms with E-state index in [0.717, 1.165) is 41.8 Å². The van der Waals surface area contributed by atoms with Crippen molar-refractivity contribution in [3.8, 4) is 41.9 Å². The van der Waals surface area contributed by atoms with Crippen molar-refractivity contribution in [3.05, 3.63) is 52.1 Å². The number of aryl methyl sites for hydroxylation is 2. The molecule has 3 aliphatic carbocycles. The van der Waals surface area contributed by atoms with Crippen molar-refractivity contribution in [1.29, 1.82) is 0 Å². The van der Waals surface area contributed by atoms with Gasteiger partial charge in [0.2, 0.25) is 0 Å².